The first kappa shape index (κ1) is 8.10. The van der Waals surface area contributed by atoms with Gasteiger partial charge in [-0.2, -0.15) is 0 Å². The number of aliphatic hydroxyl groups is 1. The fourth-order valence-corrected chi connectivity index (χ4v) is 1.39. The van der Waals surface area contributed by atoms with Crippen molar-refractivity contribution in [2.24, 2.45) is 0 Å². The van der Waals surface area contributed by atoms with Crippen LogP contribution < -0.4 is 0 Å². The molecule has 0 radical (unpaired) electrons. The summed E-state index contributed by atoms with van der Waals surface area (Å²) in [7, 11) is 0. The van der Waals surface area contributed by atoms with E-state index in [9.17, 15) is 0 Å². The van der Waals surface area contributed by atoms with Gasteiger partial charge in [-0.15, -0.1) is 0 Å². The summed E-state index contributed by atoms with van der Waals surface area (Å²) in [5, 5.41) is 11.0. The molecule has 47 valence electrons. The predicted molar refractivity (Wildman–Crippen MR) is 32.9 cm³/mol. The van der Waals surface area contributed by atoms with Gasteiger partial charge in [-0.1, -0.05) is 0 Å². The topological polar surface area (TPSA) is 20.2 Å². The second-order valence-corrected chi connectivity index (χ2v) is 5.38. The normalized spacial score (nSPS) is 14.4. The van der Waals surface area contributed by atoms with E-state index in [1.54, 1.807) is 6.92 Å². The van der Waals surface area contributed by atoms with Crippen LogP contribution in [0, 0.1) is 0 Å². The van der Waals surface area contributed by atoms with Crippen molar-refractivity contribution in [1.82, 2.24) is 0 Å². The summed E-state index contributed by atoms with van der Waals surface area (Å²) in [6.07, 6.45) is 1.85. The third-order valence-electron chi connectivity index (χ3n) is 0.734. The molecule has 0 aromatic carbocycles. The SMILES string of the molecule is [CH3]/[W]=[C](C)/C=C(/C)O. The molecule has 0 heterocycles. The Morgan fingerprint density at radius 1 is 1.50 bits per heavy atom. The molecular weight excluding hydrogens is 272 g/mol. The summed E-state index contributed by atoms with van der Waals surface area (Å²) in [6, 6.07) is 0. The Morgan fingerprint density at radius 3 is 2.12 bits per heavy atom. The summed E-state index contributed by atoms with van der Waals surface area (Å²) >= 11 is -0.231. The van der Waals surface area contributed by atoms with Gasteiger partial charge in [0.15, 0.2) is 0 Å². The van der Waals surface area contributed by atoms with Gasteiger partial charge < -0.3 is 0 Å². The molecule has 0 saturated heterocycles. The van der Waals surface area contributed by atoms with Crippen molar-refractivity contribution in [2.45, 2.75) is 19.2 Å². The second-order valence-electron chi connectivity index (χ2n) is 1.60. The van der Waals surface area contributed by atoms with Crippen molar-refractivity contribution in [3.63, 3.8) is 0 Å². The van der Waals surface area contributed by atoms with Crippen LogP contribution in [0.2, 0.25) is 5.31 Å². The molecule has 1 nitrogen and oxygen atoms in total. The van der Waals surface area contributed by atoms with E-state index in [2.05, 4.69) is 12.2 Å². The fourth-order valence-electron chi connectivity index (χ4n) is 0.353. The average molecular weight is 283 g/mol. The third-order valence-corrected chi connectivity index (χ3v) is 3.47. The van der Waals surface area contributed by atoms with Gasteiger partial charge in [-0.3, -0.25) is 0 Å². The maximum absolute atomic E-state index is 8.72. The van der Waals surface area contributed by atoms with E-state index in [4.69, 9.17) is 5.11 Å². The molecule has 0 spiro atoms. The quantitative estimate of drug-likeness (QED) is 0.727. The molecule has 0 amide bonds. The summed E-state index contributed by atoms with van der Waals surface area (Å²) < 4.78 is 1.38. The van der Waals surface area contributed by atoms with Gasteiger partial charge in [-0.05, 0) is 0 Å². The van der Waals surface area contributed by atoms with E-state index in [1.165, 1.54) is 3.90 Å². The van der Waals surface area contributed by atoms with Crippen LogP contribution in [0.15, 0.2) is 11.8 Å². The van der Waals surface area contributed by atoms with Crippen molar-refractivity contribution in [1.29, 1.82) is 0 Å². The van der Waals surface area contributed by atoms with E-state index < -0.39 is 0 Å². The number of aliphatic hydroxyl groups excluding tert-OH is 1. The Labute approximate surface area is 58.5 Å². The summed E-state index contributed by atoms with van der Waals surface area (Å²) in [5.74, 6) is 0.435. The zero-order chi connectivity index (χ0) is 6.57. The van der Waals surface area contributed by atoms with Gasteiger partial charge in [0.2, 0.25) is 0 Å². The molecule has 8 heavy (non-hydrogen) atoms. The zero-order valence-corrected chi connectivity index (χ0v) is 8.37. The molecule has 0 saturated carbocycles. The standard InChI is InChI=1S/C5H8O.CH3.W/c1-3-4-5(2)6;;/h4,6H,1-2H3;1H3;/b5-4-;;. The van der Waals surface area contributed by atoms with E-state index in [-0.39, 0.29) is 18.1 Å². The number of rotatable bonds is 1. The van der Waals surface area contributed by atoms with Crippen LogP contribution in [0.25, 0.3) is 0 Å². The summed E-state index contributed by atoms with van der Waals surface area (Å²) in [6.45, 7) is 3.78. The minimum absolute atomic E-state index is 0.231. The first-order valence-electron chi connectivity index (χ1n) is 2.41. The van der Waals surface area contributed by atoms with Gasteiger partial charge in [0.05, 0.1) is 0 Å². The first-order chi connectivity index (χ1) is 3.66. The Kier molecular flexibility index (Phi) is 4.07. The van der Waals surface area contributed by atoms with Gasteiger partial charge in [-0.25, -0.2) is 0 Å². The van der Waals surface area contributed by atoms with Gasteiger partial charge in [0.25, 0.3) is 0 Å². The molecule has 0 bridgehead atoms. The zero-order valence-electron chi connectivity index (χ0n) is 5.43. The summed E-state index contributed by atoms with van der Waals surface area (Å²) in [5.41, 5.74) is 0. The Balaban J connectivity index is 3.89. The third kappa shape index (κ3) is 4.26. The molecule has 0 aromatic heterocycles. The molecule has 0 rings (SSSR count). The molecule has 0 fully saturated rings. The van der Waals surface area contributed by atoms with Gasteiger partial charge in [0.1, 0.15) is 0 Å². The van der Waals surface area contributed by atoms with Crippen LogP contribution in [0.1, 0.15) is 13.8 Å². The number of hydrogen-bond donors (Lipinski definition) is 1. The van der Waals surface area contributed by atoms with Crippen LogP contribution in [0.3, 0.4) is 0 Å². The number of hydrogen-bond acceptors (Lipinski definition) is 1. The number of allylic oxidation sites excluding steroid dienone is 2. The van der Waals surface area contributed by atoms with Crippen LogP contribution >= 0.6 is 0 Å². The Bertz CT molecular complexity index is 120. The molecule has 0 unspecified atom stereocenters. The Hall–Kier alpha value is 0.0983. The van der Waals surface area contributed by atoms with Crippen LogP contribution in [-0.2, 0) is 18.1 Å². The van der Waals surface area contributed by atoms with Gasteiger partial charge in [0, 0.05) is 0 Å². The van der Waals surface area contributed by atoms with Crippen molar-refractivity contribution in [3.05, 3.63) is 11.8 Å². The Morgan fingerprint density at radius 2 is 2.00 bits per heavy atom. The maximum atomic E-state index is 8.72. The molecule has 0 aliphatic heterocycles. The molecular formula is C6H11OW. The molecule has 0 aliphatic rings. The van der Waals surface area contributed by atoms with Crippen molar-refractivity contribution in [2.75, 3.05) is 0 Å². The van der Waals surface area contributed by atoms with Crippen LogP contribution in [0.4, 0.5) is 0 Å². The molecule has 0 aromatic rings. The fraction of sp³-hybridized carbons (Fsp3) is 0.500. The van der Waals surface area contributed by atoms with Crippen molar-refractivity contribution >= 4 is 3.90 Å². The van der Waals surface area contributed by atoms with Gasteiger partial charge >= 0.3 is 58.1 Å². The summed E-state index contributed by atoms with van der Waals surface area (Å²) in [4.78, 5) is 0. The van der Waals surface area contributed by atoms with E-state index in [0.29, 0.717) is 5.76 Å². The molecule has 0 atom stereocenters. The van der Waals surface area contributed by atoms with Crippen molar-refractivity contribution in [3.8, 4) is 0 Å². The van der Waals surface area contributed by atoms with Crippen LogP contribution in [-0.4, -0.2) is 9.00 Å². The molecule has 2 heteroatoms. The minimum atomic E-state index is -0.231. The average Bonchev–Trinajstić information content (AvgIpc) is 1.65. The van der Waals surface area contributed by atoms with E-state index >= 15 is 0 Å². The van der Waals surface area contributed by atoms with Crippen molar-refractivity contribution < 1.29 is 23.2 Å². The van der Waals surface area contributed by atoms with Crippen LogP contribution in [0.5, 0.6) is 0 Å². The van der Waals surface area contributed by atoms with E-state index in [0.717, 1.165) is 0 Å². The second kappa shape index (κ2) is 4.03. The molecule has 1 N–H and O–H groups in total. The van der Waals surface area contributed by atoms with E-state index in [1.807, 2.05) is 6.08 Å². The monoisotopic (exact) mass is 283 g/mol. The predicted octanol–water partition coefficient (Wildman–Crippen LogP) is 1.77. The molecule has 0 aliphatic carbocycles. The first-order valence-corrected chi connectivity index (χ1v) is 6.81.